The van der Waals surface area contributed by atoms with E-state index in [-0.39, 0.29) is 22.1 Å². The first-order chi connectivity index (χ1) is 10.9. The second-order valence-electron chi connectivity index (χ2n) is 4.92. The van der Waals surface area contributed by atoms with Crippen LogP contribution in [0.1, 0.15) is 12.0 Å². The first-order valence-corrected chi connectivity index (χ1v) is 7.65. The summed E-state index contributed by atoms with van der Waals surface area (Å²) in [6, 6.07) is 3.23. The topological polar surface area (TPSA) is 41.9 Å². The van der Waals surface area contributed by atoms with Crippen LogP contribution in [0, 0.1) is 5.82 Å². The molecule has 0 aliphatic heterocycles. The molecule has 0 atom stereocenters. The minimum Gasteiger partial charge on any atom is -0.354 e. The number of hydrogen-bond acceptors (Lipinski definition) is 5. The van der Waals surface area contributed by atoms with E-state index < -0.39 is 12.2 Å². The predicted octanol–water partition coefficient (Wildman–Crippen LogP) is 4.55. The van der Waals surface area contributed by atoms with Crippen LogP contribution >= 0.6 is 22.9 Å². The summed E-state index contributed by atoms with van der Waals surface area (Å²) in [7, 11) is 3.62. The minimum absolute atomic E-state index is 0.0812. The van der Waals surface area contributed by atoms with E-state index in [0.29, 0.717) is 15.5 Å². The molecule has 0 aliphatic carbocycles. The van der Waals surface area contributed by atoms with Gasteiger partial charge in [0.25, 0.3) is 6.43 Å². The van der Waals surface area contributed by atoms with E-state index in [9.17, 15) is 13.2 Å². The van der Waals surface area contributed by atoms with Crippen molar-refractivity contribution in [3.8, 4) is 11.3 Å². The minimum atomic E-state index is -2.74. The summed E-state index contributed by atoms with van der Waals surface area (Å²) < 4.78 is 40.1. The number of benzene rings is 1. The zero-order chi connectivity index (χ0) is 16.7. The van der Waals surface area contributed by atoms with E-state index in [4.69, 9.17) is 11.6 Å². The van der Waals surface area contributed by atoms with Crippen molar-refractivity contribution in [3.05, 3.63) is 34.9 Å². The number of nitrogens with zero attached hydrogens (tertiary/aromatic N) is 4. The molecule has 0 amide bonds. The van der Waals surface area contributed by atoms with E-state index in [2.05, 4.69) is 15.0 Å². The number of anilines is 1. The Labute approximate surface area is 138 Å². The molecule has 0 saturated heterocycles. The maximum Gasteiger partial charge on any atom is 0.263 e. The molecular formula is C14H10ClF3N4S. The van der Waals surface area contributed by atoms with Crippen molar-refractivity contribution < 1.29 is 13.2 Å². The summed E-state index contributed by atoms with van der Waals surface area (Å²) in [5.41, 5.74) is 0.272. The van der Waals surface area contributed by atoms with Crippen LogP contribution in [0.2, 0.25) is 5.28 Å². The molecule has 4 nitrogen and oxygen atoms in total. The first kappa shape index (κ1) is 15.9. The van der Waals surface area contributed by atoms with Crippen LogP contribution in [0.15, 0.2) is 18.2 Å². The van der Waals surface area contributed by atoms with E-state index in [1.165, 1.54) is 23.5 Å². The highest BCUT2D eigenvalue weighted by Crippen LogP contribution is 2.36. The van der Waals surface area contributed by atoms with Gasteiger partial charge in [-0.05, 0) is 23.7 Å². The van der Waals surface area contributed by atoms with Gasteiger partial charge in [-0.15, -0.1) is 0 Å². The lowest BCUT2D eigenvalue weighted by Gasteiger charge is -2.06. The van der Waals surface area contributed by atoms with Crippen LogP contribution in [0.25, 0.3) is 21.6 Å². The number of aromatic nitrogens is 3. The van der Waals surface area contributed by atoms with Crippen LogP contribution in [-0.4, -0.2) is 29.0 Å². The third kappa shape index (κ3) is 2.96. The number of alkyl halides is 2. The van der Waals surface area contributed by atoms with Crippen molar-refractivity contribution >= 4 is 38.4 Å². The lowest BCUT2D eigenvalue weighted by Crippen LogP contribution is -2.07. The molecule has 0 fully saturated rings. The quantitative estimate of drug-likeness (QED) is 0.644. The molecule has 23 heavy (non-hydrogen) atoms. The highest BCUT2D eigenvalue weighted by molar-refractivity contribution is 7.22. The fourth-order valence-electron chi connectivity index (χ4n) is 2.02. The van der Waals surface area contributed by atoms with Gasteiger partial charge in [-0.2, -0.15) is 9.97 Å². The van der Waals surface area contributed by atoms with Crippen LogP contribution in [0.4, 0.5) is 18.3 Å². The van der Waals surface area contributed by atoms with Gasteiger partial charge in [-0.25, -0.2) is 18.2 Å². The lowest BCUT2D eigenvalue weighted by molar-refractivity contribution is 0.151. The largest absolute Gasteiger partial charge is 0.354 e. The molecule has 2 aromatic heterocycles. The van der Waals surface area contributed by atoms with Gasteiger partial charge < -0.3 is 4.90 Å². The Balaban J connectivity index is 2.23. The van der Waals surface area contributed by atoms with Gasteiger partial charge in [0.1, 0.15) is 10.5 Å². The molecule has 0 unspecified atom stereocenters. The fraction of sp³-hybridized carbons (Fsp3) is 0.214. The Morgan fingerprint density at radius 2 is 1.91 bits per heavy atom. The second-order valence-corrected chi connectivity index (χ2v) is 6.24. The molecule has 3 rings (SSSR count). The zero-order valence-electron chi connectivity index (χ0n) is 12.0. The molecule has 9 heteroatoms. The monoisotopic (exact) mass is 358 g/mol. The molecule has 0 saturated carbocycles. The van der Waals surface area contributed by atoms with E-state index >= 15 is 0 Å². The molecule has 2 heterocycles. The highest BCUT2D eigenvalue weighted by Gasteiger charge is 2.19. The van der Waals surface area contributed by atoms with Gasteiger partial charge >= 0.3 is 0 Å². The van der Waals surface area contributed by atoms with Gasteiger partial charge in [0.15, 0.2) is 10.8 Å². The van der Waals surface area contributed by atoms with Crippen molar-refractivity contribution in [2.24, 2.45) is 0 Å². The zero-order valence-corrected chi connectivity index (χ0v) is 13.6. The average Bonchev–Trinajstić information content (AvgIpc) is 2.90. The Hall–Kier alpha value is -1.93. The Kier molecular flexibility index (Phi) is 4.11. The number of hydrogen-bond donors (Lipinski definition) is 0. The SMILES string of the molecule is CN(C)c1nc2nc(Cl)nc(-c3ccc(C(F)F)cc3F)c2s1. The van der Waals surface area contributed by atoms with Crippen LogP contribution in [0.3, 0.4) is 0 Å². The van der Waals surface area contributed by atoms with Crippen LogP contribution < -0.4 is 4.90 Å². The Bertz CT molecular complexity index is 882. The van der Waals surface area contributed by atoms with Gasteiger partial charge in [0.05, 0.1) is 5.69 Å². The maximum absolute atomic E-state index is 14.3. The summed E-state index contributed by atoms with van der Waals surface area (Å²) in [6.45, 7) is 0. The van der Waals surface area contributed by atoms with Gasteiger partial charge in [-0.3, -0.25) is 0 Å². The summed E-state index contributed by atoms with van der Waals surface area (Å²) in [4.78, 5) is 14.2. The second kappa shape index (κ2) is 5.93. The fourth-order valence-corrected chi connectivity index (χ4v) is 3.12. The third-order valence-corrected chi connectivity index (χ3v) is 4.49. The normalized spacial score (nSPS) is 11.4. The Morgan fingerprint density at radius 1 is 1.17 bits per heavy atom. The van der Waals surface area contributed by atoms with Gasteiger partial charge in [-0.1, -0.05) is 17.4 Å². The summed E-state index contributed by atoms with van der Waals surface area (Å²) >= 11 is 7.15. The van der Waals surface area contributed by atoms with Gasteiger partial charge in [0.2, 0.25) is 5.28 Å². The number of thiazole rings is 1. The molecule has 0 N–H and O–H groups in total. The molecule has 0 aliphatic rings. The number of halogens is 4. The lowest BCUT2D eigenvalue weighted by atomic mass is 10.1. The van der Waals surface area contributed by atoms with Crippen molar-refractivity contribution in [3.63, 3.8) is 0 Å². The summed E-state index contributed by atoms with van der Waals surface area (Å²) in [6.07, 6.45) is -2.74. The molecule has 0 radical (unpaired) electrons. The van der Waals surface area contributed by atoms with E-state index in [1.54, 1.807) is 4.90 Å². The number of fused-ring (bicyclic) bond motifs is 1. The van der Waals surface area contributed by atoms with E-state index in [0.717, 1.165) is 6.07 Å². The van der Waals surface area contributed by atoms with Crippen molar-refractivity contribution in [2.75, 3.05) is 19.0 Å². The standard InChI is InChI=1S/C14H10ClF3N4S/c1-22(2)14-21-12-10(23-14)9(19-13(15)20-12)7-4-3-6(11(17)18)5-8(7)16/h3-5,11H,1-2H3. The highest BCUT2D eigenvalue weighted by atomic mass is 35.5. The number of rotatable bonds is 3. The van der Waals surface area contributed by atoms with Crippen molar-refractivity contribution in [1.29, 1.82) is 0 Å². The van der Waals surface area contributed by atoms with Crippen molar-refractivity contribution in [2.45, 2.75) is 6.43 Å². The first-order valence-electron chi connectivity index (χ1n) is 6.46. The van der Waals surface area contributed by atoms with Crippen LogP contribution in [-0.2, 0) is 0 Å². The smallest absolute Gasteiger partial charge is 0.263 e. The molecular weight excluding hydrogens is 349 g/mol. The maximum atomic E-state index is 14.3. The molecule has 120 valence electrons. The van der Waals surface area contributed by atoms with Crippen LogP contribution in [0.5, 0.6) is 0 Å². The molecule has 3 aromatic rings. The molecule has 0 bridgehead atoms. The third-order valence-electron chi connectivity index (χ3n) is 3.10. The average molecular weight is 359 g/mol. The molecule has 0 spiro atoms. The summed E-state index contributed by atoms with van der Waals surface area (Å²) in [5.74, 6) is -0.793. The van der Waals surface area contributed by atoms with Crippen molar-refractivity contribution in [1.82, 2.24) is 15.0 Å². The van der Waals surface area contributed by atoms with Gasteiger partial charge in [0, 0.05) is 25.2 Å². The van der Waals surface area contributed by atoms with E-state index in [1.807, 2.05) is 14.1 Å². The molecule has 1 aromatic carbocycles. The Morgan fingerprint density at radius 3 is 2.52 bits per heavy atom. The predicted molar refractivity (Wildman–Crippen MR) is 84.9 cm³/mol. The summed E-state index contributed by atoms with van der Waals surface area (Å²) in [5, 5.41) is 0.572.